The van der Waals surface area contributed by atoms with Crippen LogP contribution < -0.4 is 5.32 Å². The predicted molar refractivity (Wildman–Crippen MR) is 113 cm³/mol. The quantitative estimate of drug-likeness (QED) is 0.301. The Hall–Kier alpha value is -1.54. The van der Waals surface area contributed by atoms with E-state index >= 15 is 0 Å². The summed E-state index contributed by atoms with van der Waals surface area (Å²) in [5.41, 5.74) is 1.02. The Labute approximate surface area is 178 Å². The van der Waals surface area contributed by atoms with Crippen LogP contribution in [0.3, 0.4) is 0 Å². The van der Waals surface area contributed by atoms with Gasteiger partial charge in [0, 0.05) is 6.61 Å². The first kappa shape index (κ1) is 23.1. The lowest BCUT2D eigenvalue weighted by Gasteiger charge is -2.36. The predicted octanol–water partition coefficient (Wildman–Crippen LogP) is 1.98. The highest BCUT2D eigenvalue weighted by molar-refractivity contribution is 6.08. The van der Waals surface area contributed by atoms with Crippen molar-refractivity contribution in [1.29, 1.82) is 0 Å². The lowest BCUT2D eigenvalue weighted by molar-refractivity contribution is -0.149. The number of hydrogen-bond acceptors (Lipinski definition) is 6. The largest absolute Gasteiger partial charge is 0.396 e. The van der Waals surface area contributed by atoms with Gasteiger partial charge in [-0.05, 0) is 32.1 Å². The van der Waals surface area contributed by atoms with Crippen molar-refractivity contribution in [3.05, 3.63) is 23.8 Å². The van der Waals surface area contributed by atoms with E-state index in [0.29, 0.717) is 12.8 Å². The van der Waals surface area contributed by atoms with Gasteiger partial charge in [0.2, 0.25) is 11.8 Å². The summed E-state index contributed by atoms with van der Waals surface area (Å²) in [4.78, 5) is 27.4. The van der Waals surface area contributed by atoms with Crippen LogP contribution in [-0.2, 0) is 9.59 Å². The molecule has 7 nitrogen and oxygen atoms in total. The molecule has 2 aliphatic heterocycles. The molecule has 5 unspecified atom stereocenters. The Morgan fingerprint density at radius 2 is 1.60 bits per heavy atom. The number of allylic oxidation sites excluding steroid dienone is 2. The van der Waals surface area contributed by atoms with Crippen LogP contribution in [0.2, 0.25) is 0 Å². The maximum absolute atomic E-state index is 13.2. The Morgan fingerprint density at radius 3 is 2.27 bits per heavy atom. The Balaban J connectivity index is 1.49. The Morgan fingerprint density at radius 1 is 0.933 bits per heavy atom. The average Bonchev–Trinajstić information content (AvgIpc) is 2.98. The summed E-state index contributed by atoms with van der Waals surface area (Å²) in [6.45, 7) is 0.280. The highest BCUT2D eigenvalue weighted by Gasteiger charge is 2.52. The molecule has 1 aliphatic carbocycles. The number of unbranched alkanes of at least 4 members (excludes halogenated alkanes) is 7. The summed E-state index contributed by atoms with van der Waals surface area (Å²) in [5, 5.41) is 31.3. The van der Waals surface area contributed by atoms with E-state index in [2.05, 4.69) is 5.32 Å². The second-order valence-corrected chi connectivity index (χ2v) is 8.75. The van der Waals surface area contributed by atoms with Gasteiger partial charge in [0.15, 0.2) is 0 Å². The maximum Gasteiger partial charge on any atom is 0.237 e. The van der Waals surface area contributed by atoms with Crippen LogP contribution in [0, 0.1) is 11.8 Å². The molecule has 5 atom stereocenters. The molecule has 30 heavy (non-hydrogen) atoms. The number of amides is 2. The number of likely N-dealkylation sites (tertiary alicyclic amines) is 1. The zero-order valence-corrected chi connectivity index (χ0v) is 17.7. The smallest absolute Gasteiger partial charge is 0.237 e. The molecule has 2 saturated heterocycles. The molecule has 0 spiro atoms. The molecule has 0 aromatic rings. The Bertz CT molecular complexity index is 662. The number of nitrogens with one attached hydrogen (secondary N) is 1. The van der Waals surface area contributed by atoms with Gasteiger partial charge in [-0.15, -0.1) is 0 Å². The van der Waals surface area contributed by atoms with Crippen LogP contribution in [0.25, 0.3) is 0 Å². The number of carbonyl (C=O) groups is 2. The zero-order valence-electron chi connectivity index (χ0n) is 17.7. The second kappa shape index (κ2) is 11.2. The fraction of sp³-hybridized carbons (Fsp3) is 0.739. The molecule has 4 N–H and O–H groups in total. The normalized spacial score (nSPS) is 31.2. The fourth-order valence-electron chi connectivity index (χ4n) is 4.92. The van der Waals surface area contributed by atoms with E-state index in [9.17, 15) is 19.8 Å². The molecule has 2 amide bonds. The van der Waals surface area contributed by atoms with E-state index < -0.39 is 30.3 Å². The minimum atomic E-state index is -1.10. The standard InChI is InChI=1S/C23H36N2O5/c26-15-8-6-4-2-1-3-5-7-10-16-11-9-12-17-20(16)23(30)25(22(17)29)18-13-14-19(27)24-21(18)28/h9,11-12,17-21,24,26-28H,1-8,10,13-15H2. The Kier molecular flexibility index (Phi) is 8.62. The number of piperidine rings is 1. The maximum atomic E-state index is 13.2. The molecule has 3 rings (SSSR count). The minimum absolute atomic E-state index is 0.216. The van der Waals surface area contributed by atoms with Crippen molar-refractivity contribution in [3.63, 3.8) is 0 Å². The average molecular weight is 421 g/mol. The summed E-state index contributed by atoms with van der Waals surface area (Å²) in [7, 11) is 0. The van der Waals surface area contributed by atoms with Crippen LogP contribution in [0.4, 0.5) is 0 Å². The molecule has 2 heterocycles. The van der Waals surface area contributed by atoms with Gasteiger partial charge in [0.1, 0.15) is 12.5 Å². The summed E-state index contributed by atoms with van der Waals surface area (Å²) < 4.78 is 0. The molecular formula is C23H36N2O5. The molecule has 0 bridgehead atoms. The van der Waals surface area contributed by atoms with Crippen molar-refractivity contribution in [2.24, 2.45) is 11.8 Å². The topological polar surface area (TPSA) is 110 Å². The minimum Gasteiger partial charge on any atom is -0.396 e. The van der Waals surface area contributed by atoms with Crippen LogP contribution in [0.15, 0.2) is 23.8 Å². The highest BCUT2D eigenvalue weighted by atomic mass is 16.3. The van der Waals surface area contributed by atoms with E-state index in [1.165, 1.54) is 24.2 Å². The highest BCUT2D eigenvalue weighted by Crippen LogP contribution is 2.40. The van der Waals surface area contributed by atoms with Gasteiger partial charge >= 0.3 is 0 Å². The van der Waals surface area contributed by atoms with E-state index in [-0.39, 0.29) is 18.4 Å². The van der Waals surface area contributed by atoms with Gasteiger partial charge in [-0.2, -0.15) is 0 Å². The molecule has 3 aliphatic rings. The number of fused-ring (bicyclic) bond motifs is 1. The van der Waals surface area contributed by atoms with E-state index in [1.54, 1.807) is 6.08 Å². The molecule has 7 heteroatoms. The van der Waals surface area contributed by atoms with Crippen LogP contribution in [0.5, 0.6) is 0 Å². The SMILES string of the molecule is O=C1C2C=CC=C(CCCCCCCCCCO)C2C(=O)N1C1CCC(O)NC1O. The monoisotopic (exact) mass is 420 g/mol. The molecule has 2 fully saturated rings. The first-order valence-electron chi connectivity index (χ1n) is 11.5. The van der Waals surface area contributed by atoms with E-state index in [0.717, 1.165) is 44.1 Å². The molecule has 0 aromatic heterocycles. The number of carbonyl (C=O) groups excluding carboxylic acids is 2. The van der Waals surface area contributed by atoms with Crippen LogP contribution in [0.1, 0.15) is 70.6 Å². The lowest BCUT2D eigenvalue weighted by Crippen LogP contribution is -2.58. The summed E-state index contributed by atoms with van der Waals surface area (Å²) >= 11 is 0. The third kappa shape index (κ3) is 5.38. The molecule has 0 saturated carbocycles. The van der Waals surface area contributed by atoms with Crippen LogP contribution in [-0.4, -0.2) is 57.1 Å². The van der Waals surface area contributed by atoms with Gasteiger partial charge < -0.3 is 15.3 Å². The van der Waals surface area contributed by atoms with Crippen molar-refractivity contribution < 1.29 is 24.9 Å². The molecule has 0 aromatic carbocycles. The number of aliphatic hydroxyl groups is 3. The lowest BCUT2D eigenvalue weighted by atomic mass is 9.81. The summed E-state index contributed by atoms with van der Waals surface area (Å²) in [6, 6.07) is -0.625. The van der Waals surface area contributed by atoms with Gasteiger partial charge in [-0.1, -0.05) is 62.3 Å². The zero-order chi connectivity index (χ0) is 21.5. The van der Waals surface area contributed by atoms with Crippen molar-refractivity contribution in [1.82, 2.24) is 10.2 Å². The van der Waals surface area contributed by atoms with E-state index in [4.69, 9.17) is 5.11 Å². The summed E-state index contributed by atoms with van der Waals surface area (Å²) in [6.07, 6.45) is 14.2. The van der Waals surface area contributed by atoms with Gasteiger partial charge in [-0.3, -0.25) is 19.8 Å². The van der Waals surface area contributed by atoms with Crippen molar-refractivity contribution in [2.75, 3.05) is 6.61 Å². The van der Waals surface area contributed by atoms with Gasteiger partial charge in [-0.25, -0.2) is 0 Å². The molecule has 0 radical (unpaired) electrons. The first-order chi connectivity index (χ1) is 14.5. The number of imide groups is 1. The number of rotatable bonds is 11. The molecular weight excluding hydrogens is 384 g/mol. The van der Waals surface area contributed by atoms with Crippen molar-refractivity contribution in [3.8, 4) is 0 Å². The van der Waals surface area contributed by atoms with E-state index in [1.807, 2.05) is 12.2 Å². The number of nitrogens with zero attached hydrogens (tertiary/aromatic N) is 1. The number of hydrogen-bond donors (Lipinski definition) is 4. The first-order valence-corrected chi connectivity index (χ1v) is 11.5. The van der Waals surface area contributed by atoms with Crippen molar-refractivity contribution >= 4 is 11.8 Å². The summed E-state index contributed by atoms with van der Waals surface area (Å²) in [5.74, 6) is -1.37. The second-order valence-electron chi connectivity index (χ2n) is 8.75. The number of aliphatic hydroxyl groups excluding tert-OH is 3. The fourth-order valence-corrected chi connectivity index (χ4v) is 4.92. The third-order valence-electron chi connectivity index (χ3n) is 6.58. The van der Waals surface area contributed by atoms with Gasteiger partial charge in [0.05, 0.1) is 17.9 Å². The third-order valence-corrected chi connectivity index (χ3v) is 6.58. The van der Waals surface area contributed by atoms with Crippen molar-refractivity contribution in [2.45, 2.75) is 89.1 Å². The van der Waals surface area contributed by atoms with Gasteiger partial charge in [0.25, 0.3) is 0 Å². The van der Waals surface area contributed by atoms with Crippen LogP contribution >= 0.6 is 0 Å². The molecule has 168 valence electrons.